The first-order chi connectivity index (χ1) is 15.0. The normalized spacial score (nSPS) is 19.0. The lowest BCUT2D eigenvalue weighted by Crippen LogP contribution is -2.39. The molecule has 1 aromatic heterocycles. The zero-order chi connectivity index (χ0) is 23.1. The first-order valence-corrected chi connectivity index (χ1v) is 11.7. The number of nitrogens with one attached hydrogen (secondary N) is 3. The van der Waals surface area contributed by atoms with Crippen molar-refractivity contribution in [2.24, 2.45) is 0 Å². The van der Waals surface area contributed by atoms with Gasteiger partial charge in [0.2, 0.25) is 21.9 Å². The van der Waals surface area contributed by atoms with Crippen LogP contribution in [-0.2, 0) is 27.4 Å². The van der Waals surface area contributed by atoms with E-state index in [9.17, 15) is 26.4 Å². The molecule has 0 bridgehead atoms. The van der Waals surface area contributed by atoms with E-state index in [4.69, 9.17) is 0 Å². The lowest BCUT2D eigenvalue weighted by atomic mass is 10.1. The minimum atomic E-state index is -4.69. The van der Waals surface area contributed by atoms with Crippen molar-refractivity contribution < 1.29 is 26.4 Å². The van der Waals surface area contributed by atoms with Gasteiger partial charge in [0, 0.05) is 36.7 Å². The highest BCUT2D eigenvalue weighted by Crippen LogP contribution is 2.35. The molecule has 4 rings (SSSR count). The second-order valence-corrected chi connectivity index (χ2v) is 9.66. The predicted molar refractivity (Wildman–Crippen MR) is 112 cm³/mol. The van der Waals surface area contributed by atoms with Gasteiger partial charge in [-0.15, -0.1) is 0 Å². The molecule has 0 saturated carbocycles. The fraction of sp³-hybridized carbons (Fsp3) is 0.421. The second kappa shape index (κ2) is 8.20. The fourth-order valence-corrected chi connectivity index (χ4v) is 5.07. The Morgan fingerprint density at radius 1 is 1.31 bits per heavy atom. The van der Waals surface area contributed by atoms with Crippen molar-refractivity contribution in [3.05, 3.63) is 35.5 Å². The van der Waals surface area contributed by atoms with Crippen molar-refractivity contribution in [2.45, 2.75) is 31.5 Å². The van der Waals surface area contributed by atoms with Gasteiger partial charge in [0.1, 0.15) is 11.4 Å². The molecule has 1 unspecified atom stereocenters. The molecule has 1 saturated heterocycles. The average molecular weight is 470 g/mol. The van der Waals surface area contributed by atoms with Crippen LogP contribution in [0.25, 0.3) is 0 Å². The number of benzene rings is 1. The summed E-state index contributed by atoms with van der Waals surface area (Å²) in [5.41, 5.74) is 0.913. The summed E-state index contributed by atoms with van der Waals surface area (Å²) in [5.74, 6) is -0.637. The molecule has 0 spiro atoms. The van der Waals surface area contributed by atoms with Crippen LogP contribution >= 0.6 is 0 Å². The van der Waals surface area contributed by atoms with E-state index in [1.54, 1.807) is 18.2 Å². The highest BCUT2D eigenvalue weighted by atomic mass is 32.2. The van der Waals surface area contributed by atoms with Gasteiger partial charge in [-0.25, -0.2) is 13.4 Å². The van der Waals surface area contributed by atoms with Crippen molar-refractivity contribution in [3.8, 4) is 0 Å². The van der Waals surface area contributed by atoms with E-state index in [0.29, 0.717) is 37.0 Å². The molecule has 1 atom stereocenters. The molecule has 2 aromatic rings. The van der Waals surface area contributed by atoms with E-state index in [0.717, 1.165) is 11.8 Å². The fourth-order valence-electron chi connectivity index (χ4n) is 3.88. The number of aromatic nitrogens is 2. The summed E-state index contributed by atoms with van der Waals surface area (Å²) in [5, 5.41) is 8.22. The smallest absolute Gasteiger partial charge is 0.368 e. The van der Waals surface area contributed by atoms with Gasteiger partial charge in [-0.2, -0.15) is 22.5 Å². The zero-order valence-corrected chi connectivity index (χ0v) is 17.8. The molecule has 3 heterocycles. The largest absolute Gasteiger partial charge is 0.421 e. The lowest BCUT2D eigenvalue weighted by molar-refractivity contribution is -0.137. The summed E-state index contributed by atoms with van der Waals surface area (Å²) < 4.78 is 65.5. The van der Waals surface area contributed by atoms with Crippen LogP contribution in [0.1, 0.15) is 24.0 Å². The van der Waals surface area contributed by atoms with Crippen molar-refractivity contribution in [1.29, 1.82) is 0 Å². The summed E-state index contributed by atoms with van der Waals surface area (Å²) in [7, 11) is -3.46. The van der Waals surface area contributed by atoms with E-state index in [-0.39, 0.29) is 24.8 Å². The lowest BCUT2D eigenvalue weighted by Gasteiger charge is -2.23. The average Bonchev–Trinajstić information content (AvgIpc) is 3.30. The van der Waals surface area contributed by atoms with Crippen molar-refractivity contribution in [1.82, 2.24) is 14.3 Å². The van der Waals surface area contributed by atoms with Crippen LogP contribution in [0.3, 0.4) is 0 Å². The van der Waals surface area contributed by atoms with E-state index in [2.05, 4.69) is 25.9 Å². The number of hydrogen-bond donors (Lipinski definition) is 3. The van der Waals surface area contributed by atoms with Crippen molar-refractivity contribution >= 4 is 39.1 Å². The van der Waals surface area contributed by atoms with E-state index in [1.165, 1.54) is 4.31 Å². The topological polar surface area (TPSA) is 116 Å². The molecular weight excluding hydrogens is 449 g/mol. The van der Waals surface area contributed by atoms with Crippen LogP contribution in [0.4, 0.5) is 36.3 Å². The zero-order valence-electron chi connectivity index (χ0n) is 17.0. The number of halogens is 3. The van der Waals surface area contributed by atoms with Crippen molar-refractivity contribution in [3.63, 3.8) is 0 Å². The maximum atomic E-state index is 13.5. The van der Waals surface area contributed by atoms with E-state index >= 15 is 0 Å². The molecular formula is C19H21F3N6O3S. The standard InChI is InChI=1S/C19H21F3N6O3S/c1-32(30,31)28-6-2-3-13(28)9-23-17-14(19(20,21)22)10-24-18(27-17)25-12-4-5-15-11(7-12)8-16(29)26-15/h4-5,7,10,13H,2-3,6,8-9H2,1H3,(H,26,29)(H2,23,24,25,27). The Bertz CT molecular complexity index is 1160. The van der Waals surface area contributed by atoms with Crippen LogP contribution in [0.2, 0.25) is 0 Å². The summed E-state index contributed by atoms with van der Waals surface area (Å²) >= 11 is 0. The monoisotopic (exact) mass is 470 g/mol. The Hall–Kier alpha value is -2.93. The minimum Gasteiger partial charge on any atom is -0.368 e. The Kier molecular flexibility index (Phi) is 5.71. The molecule has 172 valence electrons. The van der Waals surface area contributed by atoms with Crippen LogP contribution in [0.15, 0.2) is 24.4 Å². The Morgan fingerprint density at radius 3 is 2.81 bits per heavy atom. The molecule has 1 aromatic carbocycles. The number of carbonyl (C=O) groups excluding carboxylic acids is 1. The molecule has 3 N–H and O–H groups in total. The molecule has 9 nitrogen and oxygen atoms in total. The first kappa shape index (κ1) is 22.3. The highest BCUT2D eigenvalue weighted by molar-refractivity contribution is 7.88. The van der Waals surface area contributed by atoms with Crippen LogP contribution in [0, 0.1) is 0 Å². The summed E-state index contributed by atoms with van der Waals surface area (Å²) in [4.78, 5) is 19.3. The maximum absolute atomic E-state index is 13.5. The molecule has 13 heteroatoms. The number of amides is 1. The van der Waals surface area contributed by atoms with Gasteiger partial charge in [0.15, 0.2) is 0 Å². The molecule has 2 aliphatic rings. The maximum Gasteiger partial charge on any atom is 0.421 e. The van der Waals surface area contributed by atoms with Gasteiger partial charge >= 0.3 is 6.18 Å². The SMILES string of the molecule is CS(=O)(=O)N1CCCC1CNc1nc(Nc2ccc3c(c2)CC(=O)N3)ncc1C(F)(F)F. The van der Waals surface area contributed by atoms with Crippen molar-refractivity contribution in [2.75, 3.05) is 35.3 Å². The third-order valence-corrected chi connectivity index (χ3v) is 6.67. The molecule has 0 aliphatic carbocycles. The number of sulfonamides is 1. The van der Waals surface area contributed by atoms with Gasteiger partial charge in [-0.3, -0.25) is 4.79 Å². The predicted octanol–water partition coefficient (Wildman–Crippen LogP) is 2.57. The van der Waals surface area contributed by atoms with Crippen LogP contribution in [0.5, 0.6) is 0 Å². The van der Waals surface area contributed by atoms with E-state index < -0.39 is 33.6 Å². The number of fused-ring (bicyclic) bond motifs is 1. The number of carbonyl (C=O) groups is 1. The van der Waals surface area contributed by atoms with Gasteiger partial charge in [-0.1, -0.05) is 0 Å². The summed E-state index contributed by atoms with van der Waals surface area (Å²) in [6, 6.07) is 4.58. The minimum absolute atomic E-state index is 0.0147. The van der Waals surface area contributed by atoms with Crippen LogP contribution in [-0.4, -0.2) is 54.0 Å². The third-order valence-electron chi connectivity index (χ3n) is 5.33. The van der Waals surface area contributed by atoms with E-state index in [1.807, 2.05) is 0 Å². The molecule has 2 aliphatic heterocycles. The van der Waals surface area contributed by atoms with Crippen LogP contribution < -0.4 is 16.0 Å². The third kappa shape index (κ3) is 4.78. The van der Waals surface area contributed by atoms with Gasteiger partial charge in [0.05, 0.1) is 12.7 Å². The number of alkyl halides is 3. The Balaban J connectivity index is 1.55. The van der Waals surface area contributed by atoms with Gasteiger partial charge < -0.3 is 16.0 Å². The highest BCUT2D eigenvalue weighted by Gasteiger charge is 2.36. The Labute approximate surface area is 182 Å². The second-order valence-electron chi connectivity index (χ2n) is 7.73. The number of nitrogens with zero attached hydrogens (tertiary/aromatic N) is 3. The molecule has 1 fully saturated rings. The molecule has 1 amide bonds. The summed E-state index contributed by atoms with van der Waals surface area (Å²) in [6.45, 7) is 0.322. The summed E-state index contributed by atoms with van der Waals surface area (Å²) in [6.07, 6.45) is -1.54. The molecule has 32 heavy (non-hydrogen) atoms. The van der Waals surface area contributed by atoms with Gasteiger partial charge in [0.25, 0.3) is 0 Å². The molecule has 0 radical (unpaired) electrons. The number of anilines is 4. The first-order valence-electron chi connectivity index (χ1n) is 9.85. The van der Waals surface area contributed by atoms with Gasteiger partial charge in [-0.05, 0) is 36.6 Å². The number of hydrogen-bond acceptors (Lipinski definition) is 7. The Morgan fingerprint density at radius 2 is 2.09 bits per heavy atom. The quantitative estimate of drug-likeness (QED) is 0.594. The number of rotatable bonds is 6.